The summed E-state index contributed by atoms with van der Waals surface area (Å²) in [6, 6.07) is 2.00. The Bertz CT molecular complexity index is 616. The van der Waals surface area contributed by atoms with E-state index in [-0.39, 0.29) is 16.2 Å². The van der Waals surface area contributed by atoms with Crippen molar-refractivity contribution in [1.29, 1.82) is 0 Å². The molecule has 2 fully saturated rings. The number of hydrogen-bond donors (Lipinski definition) is 1. The molecule has 2 atom stereocenters. The maximum atomic E-state index is 12.7. The molecule has 0 spiro atoms. The first-order chi connectivity index (χ1) is 9.51. The van der Waals surface area contributed by atoms with E-state index in [1.165, 1.54) is 40.6 Å². The molecule has 0 bridgehead atoms. The molecule has 1 saturated heterocycles. The van der Waals surface area contributed by atoms with E-state index in [4.69, 9.17) is 0 Å². The van der Waals surface area contributed by atoms with E-state index in [0.717, 1.165) is 12.8 Å². The molecule has 0 aromatic carbocycles. The third-order valence-electron chi connectivity index (χ3n) is 3.50. The van der Waals surface area contributed by atoms with Crippen LogP contribution in [0.3, 0.4) is 0 Å². The number of aromatic nitrogens is 1. The normalized spacial score (nSPS) is 27.6. The number of carboxylic acids is 1. The summed E-state index contributed by atoms with van der Waals surface area (Å²) in [5.41, 5.74) is 0. The van der Waals surface area contributed by atoms with Gasteiger partial charge in [0.15, 0.2) is 0 Å². The first-order valence-electron chi connectivity index (χ1n) is 6.30. The second-order valence-corrected chi connectivity index (χ2v) is 7.93. The number of nitrogens with zero attached hydrogens (tertiary/aromatic N) is 2. The first-order valence-corrected chi connectivity index (χ1v) is 8.78. The third kappa shape index (κ3) is 2.32. The predicted octanol–water partition coefficient (Wildman–Crippen LogP) is 1.01. The van der Waals surface area contributed by atoms with E-state index in [2.05, 4.69) is 4.98 Å². The Hall–Kier alpha value is -1.12. The number of rotatable bonds is 4. The molecular weight excluding hydrogens is 300 g/mol. The molecule has 1 N–H and O–H groups in total. The Morgan fingerprint density at radius 1 is 1.45 bits per heavy atom. The van der Waals surface area contributed by atoms with Crippen LogP contribution in [-0.4, -0.2) is 46.0 Å². The van der Waals surface area contributed by atoms with Crippen molar-refractivity contribution in [3.8, 4) is 0 Å². The zero-order valence-corrected chi connectivity index (χ0v) is 12.2. The molecule has 6 nitrogen and oxygen atoms in total. The third-order valence-corrected chi connectivity index (χ3v) is 6.97. The largest absolute Gasteiger partial charge is 0.480 e. The molecule has 0 radical (unpaired) electrons. The summed E-state index contributed by atoms with van der Waals surface area (Å²) >= 11 is 1.42. The highest BCUT2D eigenvalue weighted by atomic mass is 32.2. The fourth-order valence-electron chi connectivity index (χ4n) is 2.35. The van der Waals surface area contributed by atoms with Gasteiger partial charge in [-0.2, -0.15) is 4.31 Å². The monoisotopic (exact) mass is 314 g/mol. The summed E-state index contributed by atoms with van der Waals surface area (Å²) in [7, 11) is -3.82. The molecule has 8 heteroatoms. The van der Waals surface area contributed by atoms with Gasteiger partial charge in [0, 0.05) is 18.1 Å². The van der Waals surface area contributed by atoms with Crippen molar-refractivity contribution in [2.75, 3.05) is 5.75 Å². The van der Waals surface area contributed by atoms with Crippen LogP contribution in [0.15, 0.2) is 29.4 Å². The maximum absolute atomic E-state index is 12.7. The molecule has 2 unspecified atom stereocenters. The Labute approximate surface area is 121 Å². The van der Waals surface area contributed by atoms with Crippen molar-refractivity contribution in [1.82, 2.24) is 9.29 Å². The van der Waals surface area contributed by atoms with Crippen LogP contribution in [0.5, 0.6) is 0 Å². The number of aliphatic carboxylic acids is 1. The zero-order valence-electron chi connectivity index (χ0n) is 10.5. The van der Waals surface area contributed by atoms with Gasteiger partial charge in [0.2, 0.25) is 10.0 Å². The van der Waals surface area contributed by atoms with Crippen molar-refractivity contribution in [2.24, 2.45) is 5.92 Å². The molecule has 108 valence electrons. The highest BCUT2D eigenvalue weighted by molar-refractivity contribution is 8.01. The Kier molecular flexibility index (Phi) is 3.47. The van der Waals surface area contributed by atoms with Crippen LogP contribution in [0.1, 0.15) is 12.8 Å². The molecule has 1 aromatic rings. The van der Waals surface area contributed by atoms with Gasteiger partial charge in [0.05, 0.1) is 5.37 Å². The second-order valence-electron chi connectivity index (χ2n) is 4.94. The van der Waals surface area contributed by atoms with Gasteiger partial charge in [-0.3, -0.25) is 9.78 Å². The summed E-state index contributed by atoms with van der Waals surface area (Å²) in [5, 5.41) is 9.02. The lowest BCUT2D eigenvalue weighted by atomic mass is 10.3. The van der Waals surface area contributed by atoms with E-state index in [1.807, 2.05) is 0 Å². The lowest BCUT2D eigenvalue weighted by Crippen LogP contribution is -2.46. The lowest BCUT2D eigenvalue weighted by Gasteiger charge is -2.26. The molecular formula is C12H14N2O4S2. The molecule has 2 aliphatic rings. The number of thioether (sulfide) groups is 1. The van der Waals surface area contributed by atoms with Crippen molar-refractivity contribution in [2.45, 2.75) is 29.2 Å². The number of carboxylic acid groups (broad SMARTS) is 1. The van der Waals surface area contributed by atoms with E-state index < -0.39 is 22.0 Å². The highest BCUT2D eigenvalue weighted by Crippen LogP contribution is 2.47. The van der Waals surface area contributed by atoms with E-state index in [1.54, 1.807) is 0 Å². The highest BCUT2D eigenvalue weighted by Gasteiger charge is 2.51. The molecule has 1 aliphatic heterocycles. The van der Waals surface area contributed by atoms with E-state index in [0.29, 0.717) is 5.75 Å². The van der Waals surface area contributed by atoms with Gasteiger partial charge in [-0.15, -0.1) is 11.8 Å². The summed E-state index contributed by atoms with van der Waals surface area (Å²) in [4.78, 5) is 15.2. The van der Waals surface area contributed by atoms with Gasteiger partial charge in [0.1, 0.15) is 10.9 Å². The van der Waals surface area contributed by atoms with Crippen LogP contribution < -0.4 is 0 Å². The van der Waals surface area contributed by atoms with Gasteiger partial charge < -0.3 is 5.11 Å². The molecule has 1 aromatic heterocycles. The molecule has 20 heavy (non-hydrogen) atoms. The summed E-state index contributed by atoms with van der Waals surface area (Å²) in [6.45, 7) is 0. The number of pyridine rings is 1. The molecule has 3 rings (SSSR count). The first kappa shape index (κ1) is 13.8. The smallest absolute Gasteiger partial charge is 0.322 e. The SMILES string of the molecule is O=C(O)C1CSC(C2CC2)N1S(=O)(=O)c1cccnc1. The van der Waals surface area contributed by atoms with Gasteiger partial charge in [-0.25, -0.2) is 8.42 Å². The van der Waals surface area contributed by atoms with E-state index >= 15 is 0 Å². The molecule has 1 saturated carbocycles. The minimum Gasteiger partial charge on any atom is -0.480 e. The lowest BCUT2D eigenvalue weighted by molar-refractivity contribution is -0.140. The summed E-state index contributed by atoms with van der Waals surface area (Å²) < 4.78 is 26.6. The number of hydrogen-bond acceptors (Lipinski definition) is 5. The van der Waals surface area contributed by atoms with Gasteiger partial charge in [-0.1, -0.05) is 0 Å². The van der Waals surface area contributed by atoms with Crippen LogP contribution >= 0.6 is 11.8 Å². The van der Waals surface area contributed by atoms with Crippen molar-refractivity contribution < 1.29 is 18.3 Å². The number of carbonyl (C=O) groups is 1. The van der Waals surface area contributed by atoms with Gasteiger partial charge in [-0.05, 0) is 30.9 Å². The fraction of sp³-hybridized carbons (Fsp3) is 0.500. The van der Waals surface area contributed by atoms with Crippen molar-refractivity contribution in [3.63, 3.8) is 0 Å². The Morgan fingerprint density at radius 3 is 2.75 bits per heavy atom. The zero-order chi connectivity index (χ0) is 14.3. The number of sulfonamides is 1. The predicted molar refractivity (Wildman–Crippen MR) is 73.7 cm³/mol. The van der Waals surface area contributed by atoms with Crippen LogP contribution in [0.2, 0.25) is 0 Å². The summed E-state index contributed by atoms with van der Waals surface area (Å²) in [6.07, 6.45) is 4.68. The minimum atomic E-state index is -3.82. The molecule has 0 amide bonds. The van der Waals surface area contributed by atoms with Crippen LogP contribution in [0, 0.1) is 5.92 Å². The molecule has 2 heterocycles. The van der Waals surface area contributed by atoms with Gasteiger partial charge in [0.25, 0.3) is 0 Å². The van der Waals surface area contributed by atoms with Crippen molar-refractivity contribution >= 4 is 27.8 Å². The maximum Gasteiger partial charge on any atom is 0.322 e. The topological polar surface area (TPSA) is 87.6 Å². The molecule has 1 aliphatic carbocycles. The van der Waals surface area contributed by atoms with Gasteiger partial charge >= 0.3 is 5.97 Å². The quantitative estimate of drug-likeness (QED) is 0.892. The Balaban J connectivity index is 2.01. The average Bonchev–Trinajstić information content (AvgIpc) is 3.17. The van der Waals surface area contributed by atoms with Crippen LogP contribution in [-0.2, 0) is 14.8 Å². The average molecular weight is 314 g/mol. The fourth-order valence-corrected chi connectivity index (χ4v) is 6.12. The summed E-state index contributed by atoms with van der Waals surface area (Å²) in [5.74, 6) is -0.514. The standard InChI is InChI=1S/C12H14N2O4S2/c15-12(16)10-7-19-11(8-3-4-8)14(10)20(17,18)9-2-1-5-13-6-9/h1-2,5-6,8,10-11H,3-4,7H2,(H,15,16). The minimum absolute atomic E-state index is 0.0550. The second kappa shape index (κ2) is 5.01. The van der Waals surface area contributed by atoms with Crippen molar-refractivity contribution in [3.05, 3.63) is 24.5 Å². The Morgan fingerprint density at radius 2 is 2.20 bits per heavy atom. The van der Waals surface area contributed by atoms with E-state index in [9.17, 15) is 18.3 Å². The van der Waals surface area contributed by atoms with Crippen LogP contribution in [0.25, 0.3) is 0 Å². The van der Waals surface area contributed by atoms with Crippen LogP contribution in [0.4, 0.5) is 0 Å².